The first kappa shape index (κ1) is 11.4. The highest BCUT2D eigenvalue weighted by Crippen LogP contribution is 2.28. The summed E-state index contributed by atoms with van der Waals surface area (Å²) >= 11 is 3.46. The van der Waals surface area contributed by atoms with Crippen LogP contribution in [0.3, 0.4) is 0 Å². The van der Waals surface area contributed by atoms with E-state index in [0.717, 1.165) is 21.3 Å². The van der Waals surface area contributed by atoms with E-state index in [9.17, 15) is 5.11 Å². The van der Waals surface area contributed by atoms with E-state index in [0.29, 0.717) is 0 Å². The van der Waals surface area contributed by atoms with Crippen LogP contribution in [0.25, 0.3) is 0 Å². The molecule has 0 aliphatic rings. The van der Waals surface area contributed by atoms with Crippen molar-refractivity contribution in [2.24, 2.45) is 7.05 Å². The molecule has 0 aliphatic carbocycles. The molecule has 0 aliphatic heterocycles. The number of aliphatic hydroxyl groups excluding tert-OH is 1. The topological polar surface area (TPSA) is 38.1 Å². The van der Waals surface area contributed by atoms with Gasteiger partial charge in [-0.2, -0.15) is 5.10 Å². The van der Waals surface area contributed by atoms with Gasteiger partial charge in [0.2, 0.25) is 0 Å². The summed E-state index contributed by atoms with van der Waals surface area (Å²) in [6.45, 7) is 1.99. The second-order valence-electron chi connectivity index (χ2n) is 3.74. The summed E-state index contributed by atoms with van der Waals surface area (Å²) in [5.74, 6) is 0. The Kier molecular flexibility index (Phi) is 3.12. The highest BCUT2D eigenvalue weighted by Gasteiger charge is 2.16. The van der Waals surface area contributed by atoms with Gasteiger partial charge in [0, 0.05) is 17.7 Å². The molecule has 1 aromatic heterocycles. The minimum Gasteiger partial charge on any atom is -0.382 e. The molecule has 0 amide bonds. The Balaban J connectivity index is 2.46. The van der Waals surface area contributed by atoms with Crippen LogP contribution in [0.1, 0.15) is 22.9 Å². The van der Waals surface area contributed by atoms with Crippen LogP contribution >= 0.6 is 15.9 Å². The lowest BCUT2D eigenvalue weighted by Crippen LogP contribution is -2.08. The number of nitrogens with zero attached hydrogens (tertiary/aromatic N) is 2. The summed E-state index contributed by atoms with van der Waals surface area (Å²) in [5.41, 5.74) is 2.75. The van der Waals surface area contributed by atoms with E-state index in [1.807, 2.05) is 38.2 Å². The lowest BCUT2D eigenvalue weighted by atomic mass is 10.0. The van der Waals surface area contributed by atoms with Gasteiger partial charge < -0.3 is 5.11 Å². The first-order valence-electron chi connectivity index (χ1n) is 5.02. The molecule has 1 atom stereocenters. The Morgan fingerprint density at radius 3 is 2.75 bits per heavy atom. The third-order valence-electron chi connectivity index (χ3n) is 2.74. The van der Waals surface area contributed by atoms with Crippen LogP contribution in [0.5, 0.6) is 0 Å². The molecule has 16 heavy (non-hydrogen) atoms. The number of aromatic nitrogens is 2. The van der Waals surface area contributed by atoms with Crippen molar-refractivity contribution in [3.63, 3.8) is 0 Å². The summed E-state index contributed by atoms with van der Waals surface area (Å²) in [5, 5.41) is 14.3. The maximum atomic E-state index is 10.3. The van der Waals surface area contributed by atoms with Crippen LogP contribution in [-0.2, 0) is 7.05 Å². The maximum absolute atomic E-state index is 10.3. The van der Waals surface area contributed by atoms with Crippen LogP contribution in [0.15, 0.2) is 34.9 Å². The molecule has 84 valence electrons. The SMILES string of the molecule is Cc1c(Br)cccc1C(O)c1ccnn1C. The number of benzene rings is 1. The van der Waals surface area contributed by atoms with E-state index < -0.39 is 6.10 Å². The molecule has 0 spiro atoms. The van der Waals surface area contributed by atoms with Gasteiger partial charge in [-0.15, -0.1) is 0 Å². The monoisotopic (exact) mass is 280 g/mol. The Morgan fingerprint density at radius 1 is 1.38 bits per heavy atom. The second-order valence-corrected chi connectivity index (χ2v) is 4.59. The summed E-state index contributed by atoms with van der Waals surface area (Å²) in [6, 6.07) is 7.64. The predicted molar refractivity (Wildman–Crippen MR) is 66.1 cm³/mol. The van der Waals surface area contributed by atoms with Crippen molar-refractivity contribution < 1.29 is 5.11 Å². The highest BCUT2D eigenvalue weighted by atomic mass is 79.9. The van der Waals surface area contributed by atoms with Gasteiger partial charge in [0.05, 0.1) is 5.69 Å². The Morgan fingerprint density at radius 2 is 2.12 bits per heavy atom. The van der Waals surface area contributed by atoms with E-state index in [1.54, 1.807) is 10.9 Å². The van der Waals surface area contributed by atoms with Gasteiger partial charge in [0.15, 0.2) is 0 Å². The first-order valence-corrected chi connectivity index (χ1v) is 5.81. The third-order valence-corrected chi connectivity index (χ3v) is 3.60. The molecule has 0 saturated heterocycles. The zero-order chi connectivity index (χ0) is 11.7. The first-order chi connectivity index (χ1) is 7.61. The molecule has 0 saturated carbocycles. The minimum atomic E-state index is -0.634. The molecule has 0 radical (unpaired) electrons. The number of rotatable bonds is 2. The van der Waals surface area contributed by atoms with Crippen LogP contribution in [0.2, 0.25) is 0 Å². The molecule has 4 heteroatoms. The predicted octanol–water partition coefficient (Wildman–Crippen LogP) is 2.57. The van der Waals surface area contributed by atoms with Crippen molar-refractivity contribution >= 4 is 15.9 Å². The van der Waals surface area contributed by atoms with Crippen molar-refractivity contribution in [1.29, 1.82) is 0 Å². The second kappa shape index (κ2) is 4.39. The highest BCUT2D eigenvalue weighted by molar-refractivity contribution is 9.10. The van der Waals surface area contributed by atoms with E-state index in [4.69, 9.17) is 0 Å². The van der Waals surface area contributed by atoms with Crippen LogP contribution in [-0.4, -0.2) is 14.9 Å². The average Bonchev–Trinajstić information content (AvgIpc) is 2.68. The minimum absolute atomic E-state index is 0.634. The molecule has 1 N–H and O–H groups in total. The lowest BCUT2D eigenvalue weighted by molar-refractivity contribution is 0.209. The quantitative estimate of drug-likeness (QED) is 0.918. The molecule has 0 fully saturated rings. The maximum Gasteiger partial charge on any atom is 0.121 e. The average molecular weight is 281 g/mol. The Bertz CT molecular complexity index is 507. The number of hydrogen-bond donors (Lipinski definition) is 1. The van der Waals surface area contributed by atoms with E-state index in [1.165, 1.54) is 0 Å². The number of aryl methyl sites for hydroxylation is 1. The molecule has 1 aromatic carbocycles. The number of halogens is 1. The molecule has 2 rings (SSSR count). The van der Waals surface area contributed by atoms with Crippen molar-refractivity contribution in [2.45, 2.75) is 13.0 Å². The van der Waals surface area contributed by atoms with Crippen molar-refractivity contribution in [3.05, 3.63) is 51.8 Å². The van der Waals surface area contributed by atoms with E-state index in [2.05, 4.69) is 21.0 Å². The fraction of sp³-hybridized carbons (Fsp3) is 0.250. The molecule has 3 nitrogen and oxygen atoms in total. The van der Waals surface area contributed by atoms with Crippen molar-refractivity contribution in [1.82, 2.24) is 9.78 Å². The summed E-state index contributed by atoms with van der Waals surface area (Å²) in [6.07, 6.45) is 1.05. The molecule has 1 unspecified atom stereocenters. The van der Waals surface area contributed by atoms with Crippen LogP contribution < -0.4 is 0 Å². The number of aliphatic hydroxyl groups is 1. The number of hydrogen-bond acceptors (Lipinski definition) is 2. The normalized spacial score (nSPS) is 12.8. The standard InChI is InChI=1S/C12H13BrN2O/c1-8-9(4-3-5-10(8)13)12(16)11-6-7-14-15(11)2/h3-7,12,16H,1-2H3. The fourth-order valence-electron chi connectivity index (χ4n) is 1.73. The van der Waals surface area contributed by atoms with Gasteiger partial charge >= 0.3 is 0 Å². The third kappa shape index (κ3) is 1.90. The van der Waals surface area contributed by atoms with Crippen molar-refractivity contribution in [3.8, 4) is 0 Å². The van der Waals surface area contributed by atoms with Crippen LogP contribution in [0.4, 0.5) is 0 Å². The van der Waals surface area contributed by atoms with Crippen LogP contribution in [0, 0.1) is 6.92 Å². The Labute approximate surface area is 103 Å². The van der Waals surface area contributed by atoms with Gasteiger partial charge in [0.1, 0.15) is 6.10 Å². The summed E-state index contributed by atoms with van der Waals surface area (Å²) in [7, 11) is 1.83. The fourth-order valence-corrected chi connectivity index (χ4v) is 2.11. The molecular weight excluding hydrogens is 268 g/mol. The van der Waals surface area contributed by atoms with Gasteiger partial charge in [0.25, 0.3) is 0 Å². The Hall–Kier alpha value is -1.13. The van der Waals surface area contributed by atoms with Gasteiger partial charge in [-0.3, -0.25) is 4.68 Å². The molecule has 1 heterocycles. The van der Waals surface area contributed by atoms with Gasteiger partial charge in [-0.05, 0) is 30.2 Å². The smallest absolute Gasteiger partial charge is 0.121 e. The largest absolute Gasteiger partial charge is 0.382 e. The zero-order valence-corrected chi connectivity index (χ0v) is 10.8. The molecular formula is C12H13BrN2O. The molecule has 2 aromatic rings. The lowest BCUT2D eigenvalue weighted by Gasteiger charge is -2.14. The summed E-state index contributed by atoms with van der Waals surface area (Å²) < 4.78 is 2.69. The van der Waals surface area contributed by atoms with Gasteiger partial charge in [-0.25, -0.2) is 0 Å². The summed E-state index contributed by atoms with van der Waals surface area (Å²) in [4.78, 5) is 0. The van der Waals surface area contributed by atoms with E-state index >= 15 is 0 Å². The van der Waals surface area contributed by atoms with Crippen molar-refractivity contribution in [2.75, 3.05) is 0 Å². The van der Waals surface area contributed by atoms with E-state index in [-0.39, 0.29) is 0 Å². The van der Waals surface area contributed by atoms with Gasteiger partial charge in [-0.1, -0.05) is 28.1 Å². The zero-order valence-electron chi connectivity index (χ0n) is 9.18. The molecule has 0 bridgehead atoms.